The van der Waals surface area contributed by atoms with Crippen molar-refractivity contribution in [1.82, 2.24) is 10.2 Å². The number of benzene rings is 1. The summed E-state index contributed by atoms with van der Waals surface area (Å²) in [6, 6.07) is 8.19. The molecule has 1 aliphatic rings. The van der Waals surface area contributed by atoms with Crippen LogP contribution in [0.4, 0.5) is 4.79 Å². The molecule has 0 spiro atoms. The number of carbonyl (C=O) groups excluding carboxylic acids is 1. The van der Waals surface area contributed by atoms with Crippen molar-refractivity contribution in [1.29, 1.82) is 0 Å². The molecule has 1 aliphatic heterocycles. The van der Waals surface area contributed by atoms with Crippen LogP contribution in [0.15, 0.2) is 24.3 Å². The van der Waals surface area contributed by atoms with E-state index in [0.717, 1.165) is 31.6 Å². The zero-order valence-electron chi connectivity index (χ0n) is 12.4. The first-order valence-electron chi connectivity index (χ1n) is 7.44. The molecule has 4 nitrogen and oxygen atoms in total. The highest BCUT2D eigenvalue weighted by Gasteiger charge is 2.24. The van der Waals surface area contributed by atoms with E-state index in [1.165, 1.54) is 12.0 Å². The highest BCUT2D eigenvalue weighted by Crippen LogP contribution is 2.19. The normalized spacial score (nSPS) is 18.7. The number of carbonyl (C=O) groups is 1. The Balaban J connectivity index is 1.78. The minimum Gasteiger partial charge on any atom is -0.473 e. The van der Waals surface area contributed by atoms with E-state index >= 15 is 0 Å². The minimum atomic E-state index is -0.0105. The first kappa shape index (κ1) is 14.7. The third kappa shape index (κ3) is 3.89. The Morgan fingerprint density at radius 2 is 2.10 bits per heavy atom. The highest BCUT2D eigenvalue weighted by molar-refractivity contribution is 5.74. The molecule has 1 atom stereocenters. The summed E-state index contributed by atoms with van der Waals surface area (Å²) in [4.78, 5) is 14.1. The number of amides is 2. The van der Waals surface area contributed by atoms with Crippen molar-refractivity contribution in [3.8, 4) is 5.75 Å². The van der Waals surface area contributed by atoms with Crippen LogP contribution in [0.5, 0.6) is 5.75 Å². The Bertz CT molecular complexity index is 431. The van der Waals surface area contributed by atoms with Gasteiger partial charge in [0, 0.05) is 12.6 Å². The summed E-state index contributed by atoms with van der Waals surface area (Å²) in [6.45, 7) is 5.25. The van der Waals surface area contributed by atoms with Crippen LogP contribution in [0.1, 0.15) is 38.2 Å². The molecule has 1 saturated heterocycles. The molecule has 4 heteroatoms. The first-order chi connectivity index (χ1) is 9.70. The van der Waals surface area contributed by atoms with Crippen LogP contribution in [0.2, 0.25) is 0 Å². The molecular weight excluding hydrogens is 252 g/mol. The highest BCUT2D eigenvalue weighted by atomic mass is 16.5. The molecule has 2 rings (SSSR count). The second-order valence-corrected chi connectivity index (χ2v) is 5.33. The van der Waals surface area contributed by atoms with E-state index in [1.807, 2.05) is 36.1 Å². The van der Waals surface area contributed by atoms with E-state index < -0.39 is 0 Å². The summed E-state index contributed by atoms with van der Waals surface area (Å²) in [7, 11) is 0. The Kier molecular flexibility index (Phi) is 5.27. The van der Waals surface area contributed by atoms with Crippen LogP contribution in [0.3, 0.4) is 0 Å². The fourth-order valence-electron chi connectivity index (χ4n) is 2.61. The van der Waals surface area contributed by atoms with Crippen molar-refractivity contribution in [2.75, 3.05) is 13.3 Å². The molecule has 1 fully saturated rings. The Labute approximate surface area is 121 Å². The second kappa shape index (κ2) is 7.17. The van der Waals surface area contributed by atoms with Crippen LogP contribution in [0, 0.1) is 6.92 Å². The van der Waals surface area contributed by atoms with Crippen molar-refractivity contribution in [2.45, 2.75) is 45.6 Å². The number of aryl methyl sites for hydroxylation is 1. The smallest absolute Gasteiger partial charge is 0.320 e. The van der Waals surface area contributed by atoms with E-state index in [9.17, 15) is 4.79 Å². The average molecular weight is 276 g/mol. The molecule has 1 N–H and O–H groups in total. The van der Waals surface area contributed by atoms with E-state index in [1.54, 1.807) is 0 Å². The number of nitrogens with zero attached hydrogens (tertiary/aromatic N) is 1. The van der Waals surface area contributed by atoms with Gasteiger partial charge < -0.3 is 15.0 Å². The number of rotatable bonds is 4. The molecule has 0 aliphatic carbocycles. The summed E-state index contributed by atoms with van der Waals surface area (Å²) in [6.07, 6.45) is 4.46. The predicted octanol–water partition coefficient (Wildman–Crippen LogP) is 3.31. The zero-order valence-corrected chi connectivity index (χ0v) is 12.4. The molecule has 1 aromatic carbocycles. The monoisotopic (exact) mass is 276 g/mol. The average Bonchev–Trinajstić information content (AvgIpc) is 2.49. The van der Waals surface area contributed by atoms with Crippen molar-refractivity contribution in [3.63, 3.8) is 0 Å². The number of ether oxygens (including phenoxy) is 1. The predicted molar refractivity (Wildman–Crippen MR) is 79.8 cm³/mol. The van der Waals surface area contributed by atoms with Gasteiger partial charge in [0.2, 0.25) is 0 Å². The topological polar surface area (TPSA) is 41.6 Å². The number of hydrogen-bond acceptors (Lipinski definition) is 2. The lowest BCUT2D eigenvalue weighted by Gasteiger charge is -2.35. The standard InChI is InChI=1S/C16H24N2O2/c1-3-14-6-4-5-11-18(14)16(19)17-12-20-15-9-7-13(2)8-10-15/h7-10,14H,3-6,11-12H2,1-2H3,(H,17,19). The van der Waals surface area contributed by atoms with E-state index in [0.29, 0.717) is 6.04 Å². The van der Waals surface area contributed by atoms with Gasteiger partial charge in [-0.1, -0.05) is 24.6 Å². The lowest BCUT2D eigenvalue weighted by atomic mass is 10.0. The lowest BCUT2D eigenvalue weighted by molar-refractivity contribution is 0.141. The van der Waals surface area contributed by atoms with E-state index in [-0.39, 0.29) is 12.8 Å². The summed E-state index contributed by atoms with van der Waals surface area (Å²) < 4.78 is 5.53. The first-order valence-corrected chi connectivity index (χ1v) is 7.44. The van der Waals surface area contributed by atoms with Crippen molar-refractivity contribution >= 4 is 6.03 Å². The summed E-state index contributed by atoms with van der Waals surface area (Å²) in [5.74, 6) is 0.779. The van der Waals surface area contributed by atoms with Crippen LogP contribution in [-0.2, 0) is 0 Å². The molecule has 1 unspecified atom stereocenters. The molecule has 0 aromatic heterocycles. The molecule has 0 saturated carbocycles. The molecule has 20 heavy (non-hydrogen) atoms. The maximum absolute atomic E-state index is 12.1. The second-order valence-electron chi connectivity index (χ2n) is 5.33. The van der Waals surface area contributed by atoms with Crippen LogP contribution in [-0.4, -0.2) is 30.2 Å². The van der Waals surface area contributed by atoms with Gasteiger partial charge in [0.25, 0.3) is 0 Å². The van der Waals surface area contributed by atoms with Gasteiger partial charge in [-0.25, -0.2) is 4.79 Å². The Hall–Kier alpha value is -1.71. The molecule has 110 valence electrons. The molecular formula is C16H24N2O2. The minimum absolute atomic E-state index is 0.0105. The third-order valence-corrected chi connectivity index (χ3v) is 3.84. The van der Waals surface area contributed by atoms with Crippen LogP contribution < -0.4 is 10.1 Å². The van der Waals surface area contributed by atoms with Gasteiger partial charge in [-0.3, -0.25) is 0 Å². The summed E-state index contributed by atoms with van der Waals surface area (Å²) in [5.41, 5.74) is 1.19. The lowest BCUT2D eigenvalue weighted by Crippen LogP contribution is -2.49. The largest absolute Gasteiger partial charge is 0.473 e. The number of piperidine rings is 1. The van der Waals surface area contributed by atoms with E-state index in [2.05, 4.69) is 12.2 Å². The van der Waals surface area contributed by atoms with Gasteiger partial charge in [-0.15, -0.1) is 0 Å². The quantitative estimate of drug-likeness (QED) is 0.857. The maximum atomic E-state index is 12.1. The number of nitrogens with one attached hydrogen (secondary N) is 1. The van der Waals surface area contributed by atoms with Crippen molar-refractivity contribution < 1.29 is 9.53 Å². The summed E-state index contributed by atoms with van der Waals surface area (Å²) >= 11 is 0. The van der Waals surface area contributed by atoms with Crippen LogP contribution in [0.25, 0.3) is 0 Å². The van der Waals surface area contributed by atoms with Crippen LogP contribution >= 0.6 is 0 Å². The van der Waals surface area contributed by atoms with Gasteiger partial charge in [-0.05, 0) is 44.7 Å². The van der Waals surface area contributed by atoms with E-state index in [4.69, 9.17) is 4.74 Å². The van der Waals surface area contributed by atoms with Gasteiger partial charge in [-0.2, -0.15) is 0 Å². The van der Waals surface area contributed by atoms with Gasteiger partial charge >= 0.3 is 6.03 Å². The molecule has 1 heterocycles. The third-order valence-electron chi connectivity index (χ3n) is 3.84. The Morgan fingerprint density at radius 3 is 2.80 bits per heavy atom. The van der Waals surface area contributed by atoms with Crippen molar-refractivity contribution in [3.05, 3.63) is 29.8 Å². The molecule has 1 aromatic rings. The number of hydrogen-bond donors (Lipinski definition) is 1. The molecule has 0 radical (unpaired) electrons. The van der Waals surface area contributed by atoms with Gasteiger partial charge in [0.1, 0.15) is 5.75 Å². The van der Waals surface area contributed by atoms with Gasteiger partial charge in [0.05, 0.1) is 0 Å². The number of likely N-dealkylation sites (tertiary alicyclic amines) is 1. The fraction of sp³-hybridized carbons (Fsp3) is 0.562. The number of urea groups is 1. The molecule has 2 amide bonds. The van der Waals surface area contributed by atoms with Gasteiger partial charge in [0.15, 0.2) is 6.73 Å². The zero-order chi connectivity index (χ0) is 14.4. The summed E-state index contributed by atoms with van der Waals surface area (Å²) in [5, 5.41) is 2.84. The Morgan fingerprint density at radius 1 is 1.35 bits per heavy atom. The maximum Gasteiger partial charge on any atom is 0.320 e. The molecule has 0 bridgehead atoms. The van der Waals surface area contributed by atoms with Crippen molar-refractivity contribution in [2.24, 2.45) is 0 Å². The SMILES string of the molecule is CCC1CCCCN1C(=O)NCOc1ccc(C)cc1. The fourth-order valence-corrected chi connectivity index (χ4v) is 2.61.